The average Bonchev–Trinajstić information content (AvgIpc) is 3.21. The maximum atomic E-state index is 13.7. The van der Waals surface area contributed by atoms with Gasteiger partial charge in [-0.1, -0.05) is 56.6 Å². The number of halogens is 1. The van der Waals surface area contributed by atoms with Gasteiger partial charge < -0.3 is 24.1 Å². The fourth-order valence-corrected chi connectivity index (χ4v) is 5.18. The van der Waals surface area contributed by atoms with Crippen LogP contribution < -0.4 is 23.8 Å². The number of ether oxygens (including phenoxy) is 4. The largest absolute Gasteiger partial charge is 0.507 e. The van der Waals surface area contributed by atoms with Crippen molar-refractivity contribution in [3.05, 3.63) is 81.9 Å². The van der Waals surface area contributed by atoms with Crippen LogP contribution in [0.25, 0.3) is 5.76 Å². The number of ketones is 1. The van der Waals surface area contributed by atoms with Crippen molar-refractivity contribution in [1.82, 2.24) is 0 Å². The van der Waals surface area contributed by atoms with E-state index >= 15 is 0 Å². The topological polar surface area (TPSA) is 94.5 Å². The van der Waals surface area contributed by atoms with E-state index in [1.165, 1.54) is 31.3 Å². The van der Waals surface area contributed by atoms with Crippen LogP contribution in [0.15, 0.2) is 60.2 Å². The molecule has 2 aliphatic heterocycles. The van der Waals surface area contributed by atoms with E-state index in [9.17, 15) is 14.7 Å². The first-order chi connectivity index (χ1) is 19.0. The quantitative estimate of drug-likeness (QED) is 0.229. The van der Waals surface area contributed by atoms with Gasteiger partial charge in [-0.25, -0.2) is 0 Å². The number of amides is 1. The minimum absolute atomic E-state index is 0.0916. The number of hydrogen-bond donors (Lipinski definition) is 1. The molecule has 1 unspecified atom stereocenters. The Morgan fingerprint density at radius 1 is 0.925 bits per heavy atom. The smallest absolute Gasteiger partial charge is 0.300 e. The maximum absolute atomic E-state index is 13.7. The molecule has 1 fully saturated rings. The Labute approximate surface area is 237 Å². The first kappa shape index (κ1) is 27.4. The molecule has 0 saturated carbocycles. The van der Waals surface area contributed by atoms with Crippen molar-refractivity contribution in [1.29, 1.82) is 0 Å². The van der Waals surface area contributed by atoms with Crippen molar-refractivity contribution in [2.75, 3.05) is 32.3 Å². The molecule has 2 heterocycles. The molecule has 1 amide bonds. The highest BCUT2D eigenvalue weighted by Crippen LogP contribution is 2.46. The molecule has 0 aromatic heterocycles. The van der Waals surface area contributed by atoms with Gasteiger partial charge in [-0.3, -0.25) is 14.5 Å². The normalized spacial score (nSPS) is 18.1. The summed E-state index contributed by atoms with van der Waals surface area (Å²) in [7, 11) is 2.86. The maximum Gasteiger partial charge on any atom is 0.300 e. The van der Waals surface area contributed by atoms with Crippen LogP contribution in [0, 0.1) is 0 Å². The molecule has 0 aliphatic carbocycles. The monoisotopic (exact) mass is 563 g/mol. The zero-order valence-electron chi connectivity index (χ0n) is 22.9. The number of carbonyl (C=O) groups is 2. The predicted octanol–water partition coefficient (Wildman–Crippen LogP) is 6.05. The van der Waals surface area contributed by atoms with E-state index in [0.29, 0.717) is 36.0 Å². The summed E-state index contributed by atoms with van der Waals surface area (Å²) in [5.74, 6) is -0.523. The molecule has 1 saturated heterocycles. The summed E-state index contributed by atoms with van der Waals surface area (Å²) in [6, 6.07) is 14.8. The lowest BCUT2D eigenvalue weighted by molar-refractivity contribution is -0.132. The number of rotatable bonds is 5. The van der Waals surface area contributed by atoms with E-state index in [2.05, 4.69) is 20.8 Å². The van der Waals surface area contributed by atoms with E-state index < -0.39 is 23.5 Å². The summed E-state index contributed by atoms with van der Waals surface area (Å²) in [6.45, 7) is 7.09. The molecule has 3 aromatic carbocycles. The van der Waals surface area contributed by atoms with Crippen molar-refractivity contribution < 1.29 is 33.6 Å². The molecule has 0 spiro atoms. The van der Waals surface area contributed by atoms with Crippen molar-refractivity contribution >= 4 is 34.7 Å². The third-order valence-electron chi connectivity index (χ3n) is 7.07. The van der Waals surface area contributed by atoms with Crippen LogP contribution >= 0.6 is 11.6 Å². The van der Waals surface area contributed by atoms with Gasteiger partial charge in [0.15, 0.2) is 11.5 Å². The second-order valence-corrected chi connectivity index (χ2v) is 11.0. The molecule has 3 aromatic rings. The number of aliphatic hydroxyl groups excluding tert-OH is 1. The molecule has 40 heavy (non-hydrogen) atoms. The van der Waals surface area contributed by atoms with Crippen LogP contribution in [0.5, 0.6) is 23.0 Å². The molecule has 2 aliphatic rings. The minimum atomic E-state index is -0.942. The third-order valence-corrected chi connectivity index (χ3v) is 7.37. The Kier molecular flexibility index (Phi) is 7.14. The van der Waals surface area contributed by atoms with Gasteiger partial charge in [0.25, 0.3) is 11.7 Å². The summed E-state index contributed by atoms with van der Waals surface area (Å²) < 4.78 is 22.2. The van der Waals surface area contributed by atoms with E-state index in [-0.39, 0.29) is 33.1 Å². The van der Waals surface area contributed by atoms with Gasteiger partial charge in [-0.05, 0) is 34.7 Å². The van der Waals surface area contributed by atoms with Crippen LogP contribution in [0.2, 0.25) is 5.02 Å². The van der Waals surface area contributed by atoms with Crippen molar-refractivity contribution in [3.8, 4) is 23.0 Å². The summed E-state index contributed by atoms with van der Waals surface area (Å²) in [5, 5.41) is 11.9. The number of aliphatic hydroxyl groups is 1. The van der Waals surface area contributed by atoms with Gasteiger partial charge in [-0.15, -0.1) is 0 Å². The average molecular weight is 564 g/mol. The fraction of sp³-hybridized carbons (Fsp3) is 0.290. The lowest BCUT2D eigenvalue weighted by Crippen LogP contribution is -2.29. The van der Waals surface area contributed by atoms with E-state index in [0.717, 1.165) is 5.56 Å². The SMILES string of the molecule is COc1cc(/C(O)=C2\C(=O)C(=O)N(c3ccc4c(c3)OCCO4)C2c2ccc(C(C)(C)C)cc2)c(OC)cc1Cl. The molecule has 5 rings (SSSR count). The number of fused-ring (bicyclic) bond motifs is 1. The number of benzene rings is 3. The molecule has 0 bridgehead atoms. The molecule has 1 N–H and O–H groups in total. The lowest BCUT2D eigenvalue weighted by atomic mass is 9.85. The number of anilines is 1. The Bertz CT molecular complexity index is 1520. The highest BCUT2D eigenvalue weighted by molar-refractivity contribution is 6.51. The summed E-state index contributed by atoms with van der Waals surface area (Å²) in [6.07, 6.45) is 0. The van der Waals surface area contributed by atoms with E-state index in [1.807, 2.05) is 24.3 Å². The van der Waals surface area contributed by atoms with Crippen molar-refractivity contribution in [2.24, 2.45) is 0 Å². The molecular formula is C31H30ClNO7. The second-order valence-electron chi connectivity index (χ2n) is 10.6. The fourth-order valence-electron chi connectivity index (χ4n) is 4.95. The van der Waals surface area contributed by atoms with Crippen LogP contribution in [0.3, 0.4) is 0 Å². The van der Waals surface area contributed by atoms with Crippen LogP contribution in [-0.4, -0.2) is 44.2 Å². The zero-order valence-corrected chi connectivity index (χ0v) is 23.7. The number of Topliss-reactive ketones (excluding diaryl/α,β-unsaturated/α-hetero) is 1. The highest BCUT2D eigenvalue weighted by Gasteiger charge is 2.47. The second kappa shape index (κ2) is 10.4. The lowest BCUT2D eigenvalue weighted by Gasteiger charge is -2.28. The van der Waals surface area contributed by atoms with E-state index in [1.54, 1.807) is 18.2 Å². The molecule has 1 atom stereocenters. The van der Waals surface area contributed by atoms with Crippen LogP contribution in [-0.2, 0) is 15.0 Å². The molecule has 208 valence electrons. The standard InChI is InChI=1S/C31H30ClNO7/c1-31(2,3)18-8-6-17(7-9-18)27-26(28(34)20-15-24(38-5)21(32)16-23(20)37-4)29(35)30(36)33(27)19-10-11-22-25(14-19)40-13-12-39-22/h6-11,14-16,27,34H,12-13H2,1-5H3/b28-26+. The zero-order chi connectivity index (χ0) is 28.8. The molecular weight excluding hydrogens is 534 g/mol. The first-order valence-corrected chi connectivity index (χ1v) is 13.2. The van der Waals surface area contributed by atoms with Gasteiger partial charge in [0.05, 0.1) is 36.4 Å². The summed E-state index contributed by atoms with van der Waals surface area (Å²) in [5.41, 5.74) is 2.12. The number of methoxy groups -OCH3 is 2. The predicted molar refractivity (Wildman–Crippen MR) is 152 cm³/mol. The van der Waals surface area contributed by atoms with Crippen molar-refractivity contribution in [2.45, 2.75) is 32.2 Å². The summed E-state index contributed by atoms with van der Waals surface area (Å²) in [4.78, 5) is 28.7. The Morgan fingerprint density at radius 3 is 2.20 bits per heavy atom. The first-order valence-electron chi connectivity index (χ1n) is 12.8. The molecule has 9 heteroatoms. The van der Waals surface area contributed by atoms with Gasteiger partial charge >= 0.3 is 0 Å². The van der Waals surface area contributed by atoms with Gasteiger partial charge in [0.1, 0.15) is 30.5 Å². The highest BCUT2D eigenvalue weighted by atomic mass is 35.5. The number of hydrogen-bond acceptors (Lipinski definition) is 7. The van der Waals surface area contributed by atoms with Gasteiger partial charge in [0.2, 0.25) is 0 Å². The molecule has 8 nitrogen and oxygen atoms in total. The van der Waals surface area contributed by atoms with E-state index in [4.69, 9.17) is 30.5 Å². The van der Waals surface area contributed by atoms with Crippen LogP contribution in [0.4, 0.5) is 5.69 Å². The molecule has 0 radical (unpaired) electrons. The number of carbonyl (C=O) groups excluding carboxylic acids is 2. The van der Waals surface area contributed by atoms with Gasteiger partial charge in [-0.2, -0.15) is 0 Å². The summed E-state index contributed by atoms with van der Waals surface area (Å²) >= 11 is 6.28. The van der Waals surface area contributed by atoms with Gasteiger partial charge in [0, 0.05) is 17.8 Å². The minimum Gasteiger partial charge on any atom is -0.507 e. The Morgan fingerprint density at radius 2 is 1.57 bits per heavy atom. The Hall–Kier alpha value is -4.17. The number of nitrogens with zero attached hydrogens (tertiary/aromatic N) is 1. The third kappa shape index (κ3) is 4.73. The van der Waals surface area contributed by atoms with Crippen molar-refractivity contribution in [3.63, 3.8) is 0 Å². The van der Waals surface area contributed by atoms with Crippen LogP contribution in [0.1, 0.15) is 43.5 Å². The Balaban J connectivity index is 1.73.